The normalized spacial score (nSPS) is 9.71. The van der Waals surface area contributed by atoms with Gasteiger partial charge in [0.15, 0.2) is 5.78 Å². The summed E-state index contributed by atoms with van der Waals surface area (Å²) in [7, 11) is 0. The van der Waals surface area contributed by atoms with E-state index in [1.165, 1.54) is 0 Å². The SMILES string of the molecule is CCOC(=O)CCNCC(=O)COc1ccccc1C#N. The van der Waals surface area contributed by atoms with Crippen LogP contribution in [0.15, 0.2) is 24.3 Å². The average molecular weight is 290 g/mol. The van der Waals surface area contributed by atoms with E-state index in [4.69, 9.17) is 14.7 Å². The van der Waals surface area contributed by atoms with E-state index in [1.54, 1.807) is 31.2 Å². The topological polar surface area (TPSA) is 88.4 Å². The molecule has 0 heterocycles. The van der Waals surface area contributed by atoms with Gasteiger partial charge in [-0.3, -0.25) is 9.59 Å². The highest BCUT2D eigenvalue weighted by Gasteiger charge is 2.07. The number of Topliss-reactive ketones (excluding diaryl/α,β-unsaturated/α-hetero) is 1. The Morgan fingerprint density at radius 1 is 1.33 bits per heavy atom. The molecule has 0 bridgehead atoms. The zero-order valence-corrected chi connectivity index (χ0v) is 11.9. The van der Waals surface area contributed by atoms with E-state index in [-0.39, 0.29) is 31.3 Å². The Morgan fingerprint density at radius 2 is 2.10 bits per heavy atom. The summed E-state index contributed by atoms with van der Waals surface area (Å²) in [5.74, 6) is -0.0666. The molecule has 1 N–H and O–H groups in total. The first-order valence-electron chi connectivity index (χ1n) is 6.67. The summed E-state index contributed by atoms with van der Waals surface area (Å²) in [6.45, 7) is 2.45. The number of hydrogen-bond donors (Lipinski definition) is 1. The molecule has 0 aliphatic carbocycles. The van der Waals surface area contributed by atoms with Crippen LogP contribution in [0, 0.1) is 11.3 Å². The first-order valence-corrected chi connectivity index (χ1v) is 6.67. The van der Waals surface area contributed by atoms with Gasteiger partial charge in [-0.15, -0.1) is 0 Å². The molecule has 6 heteroatoms. The van der Waals surface area contributed by atoms with Crippen LogP contribution in [0.5, 0.6) is 5.75 Å². The molecule has 1 aromatic carbocycles. The molecule has 1 aromatic rings. The Labute approximate surface area is 123 Å². The number of rotatable bonds is 9. The Hall–Kier alpha value is -2.39. The van der Waals surface area contributed by atoms with Crippen LogP contribution in [0.2, 0.25) is 0 Å². The summed E-state index contributed by atoms with van der Waals surface area (Å²) < 4.78 is 10.1. The van der Waals surface area contributed by atoms with Crippen LogP contribution in [0.4, 0.5) is 0 Å². The molecule has 0 radical (unpaired) electrons. The van der Waals surface area contributed by atoms with Gasteiger partial charge in [-0.1, -0.05) is 12.1 Å². The van der Waals surface area contributed by atoms with Gasteiger partial charge in [-0.25, -0.2) is 0 Å². The van der Waals surface area contributed by atoms with E-state index in [2.05, 4.69) is 5.32 Å². The molecule has 0 saturated carbocycles. The maximum absolute atomic E-state index is 11.6. The predicted molar refractivity (Wildman–Crippen MR) is 75.8 cm³/mol. The van der Waals surface area contributed by atoms with Crippen LogP contribution < -0.4 is 10.1 Å². The first kappa shape index (κ1) is 16.7. The lowest BCUT2D eigenvalue weighted by Crippen LogP contribution is -2.29. The van der Waals surface area contributed by atoms with Gasteiger partial charge in [0.1, 0.15) is 18.4 Å². The number of nitrogens with one attached hydrogen (secondary N) is 1. The van der Waals surface area contributed by atoms with Crippen molar-refractivity contribution in [2.45, 2.75) is 13.3 Å². The van der Waals surface area contributed by atoms with Crippen molar-refractivity contribution in [3.8, 4) is 11.8 Å². The zero-order valence-electron chi connectivity index (χ0n) is 11.9. The number of carbonyl (C=O) groups is 2. The zero-order chi connectivity index (χ0) is 15.5. The molecule has 0 saturated heterocycles. The fraction of sp³-hybridized carbons (Fsp3) is 0.400. The van der Waals surface area contributed by atoms with Gasteiger partial charge in [0.05, 0.1) is 25.1 Å². The van der Waals surface area contributed by atoms with Crippen LogP contribution in [0.25, 0.3) is 0 Å². The molecule has 0 fully saturated rings. The number of hydrogen-bond acceptors (Lipinski definition) is 6. The average Bonchev–Trinajstić information content (AvgIpc) is 2.50. The van der Waals surface area contributed by atoms with Crippen LogP contribution >= 0.6 is 0 Å². The molecule has 0 unspecified atom stereocenters. The van der Waals surface area contributed by atoms with Gasteiger partial charge in [-0.05, 0) is 19.1 Å². The van der Waals surface area contributed by atoms with Gasteiger partial charge >= 0.3 is 5.97 Å². The molecule has 0 aliphatic heterocycles. The van der Waals surface area contributed by atoms with Crippen molar-refractivity contribution in [3.63, 3.8) is 0 Å². The highest BCUT2D eigenvalue weighted by atomic mass is 16.5. The standard InChI is InChI=1S/C15H18N2O4/c1-2-20-15(19)7-8-17-10-13(18)11-21-14-6-4-3-5-12(14)9-16/h3-6,17H,2,7-8,10-11H2,1H3. The van der Waals surface area contributed by atoms with Gasteiger partial charge in [0.25, 0.3) is 0 Å². The lowest BCUT2D eigenvalue weighted by Gasteiger charge is -2.07. The first-order chi connectivity index (χ1) is 10.2. The summed E-state index contributed by atoms with van der Waals surface area (Å²) in [5, 5.41) is 11.7. The van der Waals surface area contributed by atoms with Crippen molar-refractivity contribution in [3.05, 3.63) is 29.8 Å². The maximum Gasteiger partial charge on any atom is 0.307 e. The Kier molecular flexibility index (Phi) is 7.54. The number of nitriles is 1. The molecular formula is C15H18N2O4. The third-order valence-corrected chi connectivity index (χ3v) is 2.53. The molecular weight excluding hydrogens is 272 g/mol. The molecule has 0 aliphatic rings. The van der Waals surface area contributed by atoms with Crippen molar-refractivity contribution in [2.75, 3.05) is 26.3 Å². The highest BCUT2D eigenvalue weighted by Crippen LogP contribution is 2.16. The van der Waals surface area contributed by atoms with Crippen LogP contribution in [0.1, 0.15) is 18.9 Å². The third-order valence-electron chi connectivity index (χ3n) is 2.53. The summed E-state index contributed by atoms with van der Waals surface area (Å²) in [6.07, 6.45) is 0.221. The second-order valence-corrected chi connectivity index (χ2v) is 4.17. The number of ketones is 1. The predicted octanol–water partition coefficient (Wildman–Crippen LogP) is 1.05. The van der Waals surface area contributed by atoms with Crippen molar-refractivity contribution < 1.29 is 19.1 Å². The maximum atomic E-state index is 11.6. The van der Waals surface area contributed by atoms with Crippen molar-refractivity contribution in [1.82, 2.24) is 5.32 Å². The summed E-state index contributed by atoms with van der Waals surface area (Å²) >= 11 is 0. The smallest absolute Gasteiger partial charge is 0.307 e. The minimum Gasteiger partial charge on any atom is -0.484 e. The van der Waals surface area contributed by atoms with E-state index in [0.717, 1.165) is 0 Å². The third kappa shape index (κ3) is 6.54. The highest BCUT2D eigenvalue weighted by molar-refractivity contribution is 5.82. The van der Waals surface area contributed by atoms with Gasteiger partial charge in [0.2, 0.25) is 0 Å². The summed E-state index contributed by atoms with van der Waals surface area (Å²) in [4.78, 5) is 22.7. The Balaban J connectivity index is 2.23. The van der Waals surface area contributed by atoms with Crippen LogP contribution in [-0.4, -0.2) is 38.1 Å². The van der Waals surface area contributed by atoms with Crippen LogP contribution in [-0.2, 0) is 14.3 Å². The number of benzene rings is 1. The molecule has 0 amide bonds. The molecule has 112 valence electrons. The molecule has 0 atom stereocenters. The fourth-order valence-corrected chi connectivity index (χ4v) is 1.55. The Bertz CT molecular complexity index is 523. The van der Waals surface area contributed by atoms with Gasteiger partial charge < -0.3 is 14.8 Å². The summed E-state index contributed by atoms with van der Waals surface area (Å²) in [6, 6.07) is 8.71. The van der Waals surface area contributed by atoms with E-state index >= 15 is 0 Å². The van der Waals surface area contributed by atoms with Crippen LogP contribution in [0.3, 0.4) is 0 Å². The van der Waals surface area contributed by atoms with Gasteiger partial charge in [0, 0.05) is 6.54 Å². The fourth-order valence-electron chi connectivity index (χ4n) is 1.55. The van der Waals surface area contributed by atoms with Crippen molar-refractivity contribution >= 4 is 11.8 Å². The number of nitrogens with zero attached hydrogens (tertiary/aromatic N) is 1. The number of para-hydroxylation sites is 1. The minimum atomic E-state index is -0.295. The monoisotopic (exact) mass is 290 g/mol. The molecule has 21 heavy (non-hydrogen) atoms. The minimum absolute atomic E-state index is 0.105. The largest absolute Gasteiger partial charge is 0.484 e. The number of carbonyl (C=O) groups excluding carboxylic acids is 2. The van der Waals surface area contributed by atoms with E-state index in [9.17, 15) is 9.59 Å². The van der Waals surface area contributed by atoms with Crippen molar-refractivity contribution in [1.29, 1.82) is 5.26 Å². The second kappa shape index (κ2) is 9.50. The molecule has 1 rings (SSSR count). The van der Waals surface area contributed by atoms with E-state index in [1.807, 2.05) is 6.07 Å². The number of esters is 1. The van der Waals surface area contributed by atoms with E-state index < -0.39 is 0 Å². The lowest BCUT2D eigenvalue weighted by molar-refractivity contribution is -0.143. The molecule has 0 spiro atoms. The van der Waals surface area contributed by atoms with Crippen molar-refractivity contribution in [2.24, 2.45) is 0 Å². The Morgan fingerprint density at radius 3 is 2.81 bits per heavy atom. The lowest BCUT2D eigenvalue weighted by atomic mass is 10.2. The number of ether oxygens (including phenoxy) is 2. The van der Waals surface area contributed by atoms with Gasteiger partial charge in [-0.2, -0.15) is 5.26 Å². The molecule has 6 nitrogen and oxygen atoms in total. The summed E-state index contributed by atoms with van der Waals surface area (Å²) in [5.41, 5.74) is 0.389. The second-order valence-electron chi connectivity index (χ2n) is 4.17. The molecule has 0 aromatic heterocycles. The van der Waals surface area contributed by atoms with E-state index in [0.29, 0.717) is 24.5 Å². The quantitative estimate of drug-likeness (QED) is 0.540.